The zero-order chi connectivity index (χ0) is 20.7. The molecule has 2 nitrogen and oxygen atoms in total. The quantitative estimate of drug-likeness (QED) is 0.540. The Hall–Kier alpha value is -2.09. The van der Waals surface area contributed by atoms with E-state index in [1.165, 1.54) is 30.2 Å². The number of carbonyl (C=O) groups excluding carboxylic acids is 1. The van der Waals surface area contributed by atoms with E-state index >= 15 is 0 Å². The molecule has 2 heteroatoms. The predicted octanol–water partition coefficient (Wildman–Crippen LogP) is 6.84. The van der Waals surface area contributed by atoms with E-state index in [1.54, 1.807) is 0 Å². The molecule has 0 saturated carbocycles. The van der Waals surface area contributed by atoms with Crippen molar-refractivity contribution in [2.75, 3.05) is 7.11 Å². The number of carbonyl (C=O) groups is 1. The molecule has 0 aliphatic carbocycles. The van der Waals surface area contributed by atoms with E-state index in [4.69, 9.17) is 0 Å². The van der Waals surface area contributed by atoms with Crippen LogP contribution in [0.3, 0.4) is 0 Å². The maximum Gasteiger partial charge on any atom is 0.337 e. The van der Waals surface area contributed by atoms with E-state index in [2.05, 4.69) is 77.5 Å². The van der Waals surface area contributed by atoms with Gasteiger partial charge < -0.3 is 4.74 Å². The molecule has 2 rings (SSSR count). The van der Waals surface area contributed by atoms with Crippen LogP contribution in [0.2, 0.25) is 0 Å². The van der Waals surface area contributed by atoms with Crippen LogP contribution in [0.1, 0.15) is 81.4 Å². The van der Waals surface area contributed by atoms with E-state index < -0.39 is 0 Å². The highest BCUT2D eigenvalue weighted by molar-refractivity contribution is 5.89. The van der Waals surface area contributed by atoms with Crippen molar-refractivity contribution < 1.29 is 9.53 Å². The van der Waals surface area contributed by atoms with Crippen LogP contribution in [0, 0.1) is 6.92 Å². The van der Waals surface area contributed by atoms with Gasteiger partial charge in [0.25, 0.3) is 0 Å². The van der Waals surface area contributed by atoms with Gasteiger partial charge in [-0.05, 0) is 53.9 Å². The van der Waals surface area contributed by atoms with Crippen LogP contribution in [-0.2, 0) is 15.6 Å². The lowest BCUT2D eigenvalue weighted by Gasteiger charge is -2.23. The van der Waals surface area contributed by atoms with Crippen LogP contribution in [0.5, 0.6) is 0 Å². The minimum Gasteiger partial charge on any atom is -0.465 e. The Bertz CT molecular complexity index is 707. The van der Waals surface area contributed by atoms with Crippen molar-refractivity contribution in [3.63, 3.8) is 0 Å². The van der Waals surface area contributed by atoms with Gasteiger partial charge in [-0.1, -0.05) is 83.5 Å². The lowest BCUT2D eigenvalue weighted by molar-refractivity contribution is 0.0600. The number of aryl methyl sites for hydroxylation is 1. The van der Waals surface area contributed by atoms with Crippen molar-refractivity contribution in [1.29, 1.82) is 0 Å². The Kier molecular flexibility index (Phi) is 8.27. The Labute approximate surface area is 166 Å². The Morgan fingerprint density at radius 3 is 1.48 bits per heavy atom. The summed E-state index contributed by atoms with van der Waals surface area (Å²) < 4.78 is 4.65. The van der Waals surface area contributed by atoms with Gasteiger partial charge >= 0.3 is 5.97 Å². The summed E-state index contributed by atoms with van der Waals surface area (Å²) in [6.45, 7) is 15.5. The molecule has 0 radical (unpaired) electrons. The maximum absolute atomic E-state index is 11.2. The second-order valence-corrected chi connectivity index (χ2v) is 8.41. The van der Waals surface area contributed by atoms with Crippen LogP contribution in [-0.4, -0.2) is 13.1 Å². The van der Waals surface area contributed by atoms with Gasteiger partial charge in [0.15, 0.2) is 0 Å². The van der Waals surface area contributed by atoms with E-state index in [9.17, 15) is 4.79 Å². The molecule has 0 aliphatic rings. The van der Waals surface area contributed by atoms with Crippen LogP contribution >= 0.6 is 0 Å². The first-order valence-corrected chi connectivity index (χ1v) is 9.83. The highest BCUT2D eigenvalue weighted by atomic mass is 16.5. The Balaban J connectivity index is 0.000000277. The number of methoxy groups -OCH3 is 1. The molecular formula is C25H36O2. The third-order valence-electron chi connectivity index (χ3n) is 5.69. The van der Waals surface area contributed by atoms with Crippen LogP contribution in [0.4, 0.5) is 0 Å². The molecule has 0 aliphatic heterocycles. The molecule has 2 aromatic carbocycles. The molecule has 148 valence electrons. The summed E-state index contributed by atoms with van der Waals surface area (Å²) in [5, 5.41) is 0. The van der Waals surface area contributed by atoms with Crippen LogP contribution in [0.15, 0.2) is 48.5 Å². The SMILES string of the molecule is CCC(C)(C)c1ccc(C(=O)OC)cc1.CCC(C)(C)c1ccc(C)cc1. The second kappa shape index (κ2) is 9.73. The molecule has 27 heavy (non-hydrogen) atoms. The van der Waals surface area contributed by atoms with Gasteiger partial charge in [0.2, 0.25) is 0 Å². The van der Waals surface area contributed by atoms with Gasteiger partial charge in [0.05, 0.1) is 12.7 Å². The third-order valence-corrected chi connectivity index (χ3v) is 5.69. The lowest BCUT2D eigenvalue weighted by Crippen LogP contribution is -2.15. The average Bonchev–Trinajstić information content (AvgIpc) is 2.68. The minimum absolute atomic E-state index is 0.161. The fourth-order valence-corrected chi connectivity index (χ4v) is 2.59. The van der Waals surface area contributed by atoms with Crippen molar-refractivity contribution >= 4 is 5.97 Å². The van der Waals surface area contributed by atoms with Crippen LogP contribution in [0.25, 0.3) is 0 Å². The molecule has 0 atom stereocenters. The van der Waals surface area contributed by atoms with Crippen molar-refractivity contribution in [3.05, 3.63) is 70.8 Å². The molecule has 0 aromatic heterocycles. The van der Waals surface area contributed by atoms with Gasteiger partial charge in [-0.25, -0.2) is 4.79 Å². The second-order valence-electron chi connectivity index (χ2n) is 8.41. The fraction of sp³-hybridized carbons (Fsp3) is 0.480. The van der Waals surface area contributed by atoms with E-state index in [0.29, 0.717) is 11.0 Å². The molecule has 0 saturated heterocycles. The number of esters is 1. The van der Waals surface area contributed by atoms with Crippen LogP contribution < -0.4 is 0 Å². The Morgan fingerprint density at radius 1 is 0.778 bits per heavy atom. The number of benzene rings is 2. The topological polar surface area (TPSA) is 26.3 Å². The summed E-state index contributed by atoms with van der Waals surface area (Å²) in [5.41, 5.74) is 5.12. The predicted molar refractivity (Wildman–Crippen MR) is 116 cm³/mol. The summed E-state index contributed by atoms with van der Waals surface area (Å²) in [6, 6.07) is 16.5. The van der Waals surface area contributed by atoms with Gasteiger partial charge in [0.1, 0.15) is 0 Å². The molecule has 0 unspecified atom stereocenters. The third kappa shape index (κ3) is 6.53. The molecule has 0 heterocycles. The Morgan fingerprint density at radius 2 is 1.15 bits per heavy atom. The van der Waals surface area contributed by atoms with Gasteiger partial charge in [0, 0.05) is 0 Å². The summed E-state index contributed by atoms with van der Waals surface area (Å²) in [5.74, 6) is -0.282. The zero-order valence-corrected chi connectivity index (χ0v) is 18.3. The largest absolute Gasteiger partial charge is 0.465 e. The zero-order valence-electron chi connectivity index (χ0n) is 18.3. The first kappa shape index (κ1) is 23.0. The normalized spacial score (nSPS) is 11.4. The minimum atomic E-state index is -0.282. The monoisotopic (exact) mass is 368 g/mol. The highest BCUT2D eigenvalue weighted by Crippen LogP contribution is 2.27. The smallest absolute Gasteiger partial charge is 0.337 e. The first-order chi connectivity index (χ1) is 12.6. The summed E-state index contributed by atoms with van der Waals surface area (Å²) in [4.78, 5) is 11.2. The van der Waals surface area contributed by atoms with Gasteiger partial charge in [-0.15, -0.1) is 0 Å². The van der Waals surface area contributed by atoms with Crippen molar-refractivity contribution in [2.24, 2.45) is 0 Å². The van der Waals surface area contributed by atoms with E-state index in [0.717, 1.165) is 6.42 Å². The molecule has 0 bridgehead atoms. The van der Waals surface area contributed by atoms with Gasteiger partial charge in [-0.3, -0.25) is 0 Å². The summed E-state index contributed by atoms with van der Waals surface area (Å²) >= 11 is 0. The van der Waals surface area contributed by atoms with Gasteiger partial charge in [-0.2, -0.15) is 0 Å². The summed E-state index contributed by atoms with van der Waals surface area (Å²) in [6.07, 6.45) is 2.26. The van der Waals surface area contributed by atoms with Crippen molar-refractivity contribution in [1.82, 2.24) is 0 Å². The maximum atomic E-state index is 11.2. The van der Waals surface area contributed by atoms with Crippen molar-refractivity contribution in [3.8, 4) is 0 Å². The molecule has 0 amide bonds. The van der Waals surface area contributed by atoms with E-state index in [-0.39, 0.29) is 11.4 Å². The standard InChI is InChI=1S/C13H18O2.C12H18/c1-5-13(2,3)11-8-6-10(7-9-11)12(14)15-4;1-5-12(3,4)11-8-6-10(2)7-9-11/h6-9H,5H2,1-4H3;6-9H,5H2,1-4H3. The molecule has 2 aromatic rings. The van der Waals surface area contributed by atoms with E-state index in [1.807, 2.05) is 24.3 Å². The molecule has 0 spiro atoms. The first-order valence-electron chi connectivity index (χ1n) is 9.83. The number of ether oxygens (including phenoxy) is 1. The molecule has 0 N–H and O–H groups in total. The lowest BCUT2D eigenvalue weighted by atomic mass is 9.82. The average molecular weight is 369 g/mol. The number of hydrogen-bond donors (Lipinski definition) is 0. The fourth-order valence-electron chi connectivity index (χ4n) is 2.59. The highest BCUT2D eigenvalue weighted by Gasteiger charge is 2.18. The molecular weight excluding hydrogens is 332 g/mol. The molecule has 0 fully saturated rings. The number of hydrogen-bond acceptors (Lipinski definition) is 2. The number of rotatable bonds is 5. The van der Waals surface area contributed by atoms with Crippen molar-refractivity contribution in [2.45, 2.75) is 72.1 Å². The summed E-state index contributed by atoms with van der Waals surface area (Å²) in [7, 11) is 1.40.